The summed E-state index contributed by atoms with van der Waals surface area (Å²) < 4.78 is 6.80. The second-order valence-corrected chi connectivity index (χ2v) is 4.71. The maximum Gasteiger partial charge on any atom is 0.246 e. The first-order valence-electron chi connectivity index (χ1n) is 5.77. The molecule has 6 heteroatoms. The van der Waals surface area contributed by atoms with E-state index in [2.05, 4.69) is 5.10 Å². The van der Waals surface area contributed by atoms with Crippen LogP contribution in [-0.4, -0.2) is 22.3 Å². The first-order chi connectivity index (χ1) is 9.16. The zero-order valence-electron chi connectivity index (χ0n) is 10.1. The lowest BCUT2D eigenvalue weighted by molar-refractivity contribution is 0.0877. The second-order valence-electron chi connectivity index (χ2n) is 3.87. The zero-order chi connectivity index (χ0) is 13.7. The van der Waals surface area contributed by atoms with Crippen LogP contribution in [-0.2, 0) is 0 Å². The first kappa shape index (κ1) is 13.9. The molecule has 0 bridgehead atoms. The van der Waals surface area contributed by atoms with Crippen molar-refractivity contribution in [1.29, 1.82) is 0 Å². The maximum atomic E-state index is 11.6. The number of nitrogens with zero attached hydrogens (tertiary/aromatic N) is 2. The zero-order valence-corrected chi connectivity index (χ0v) is 11.6. The summed E-state index contributed by atoms with van der Waals surface area (Å²) in [6.07, 6.45) is 4.16. The molecule has 0 N–H and O–H groups in total. The minimum Gasteiger partial charge on any atom is -0.492 e. The Bertz CT molecular complexity index is 556. The fourth-order valence-corrected chi connectivity index (χ4v) is 1.99. The van der Waals surface area contributed by atoms with Gasteiger partial charge in [-0.1, -0.05) is 23.2 Å². The van der Waals surface area contributed by atoms with Crippen molar-refractivity contribution in [1.82, 2.24) is 9.78 Å². The molecule has 2 aromatic rings. The summed E-state index contributed by atoms with van der Waals surface area (Å²) in [6, 6.07) is 6.74. The van der Waals surface area contributed by atoms with E-state index in [1.165, 1.54) is 4.68 Å². The SMILES string of the molecule is O=C(CCCOc1ccc(Cl)cc1Cl)n1cccn1. The van der Waals surface area contributed by atoms with Crippen LogP contribution in [0, 0.1) is 0 Å². The summed E-state index contributed by atoms with van der Waals surface area (Å²) >= 11 is 11.7. The van der Waals surface area contributed by atoms with Gasteiger partial charge in [0.05, 0.1) is 11.6 Å². The van der Waals surface area contributed by atoms with E-state index in [1.54, 1.807) is 36.7 Å². The quantitative estimate of drug-likeness (QED) is 0.791. The minimum absolute atomic E-state index is 0.0594. The van der Waals surface area contributed by atoms with Crippen molar-refractivity contribution in [3.63, 3.8) is 0 Å². The molecule has 0 amide bonds. The van der Waals surface area contributed by atoms with Gasteiger partial charge in [0.25, 0.3) is 0 Å². The highest BCUT2D eigenvalue weighted by Crippen LogP contribution is 2.27. The highest BCUT2D eigenvalue weighted by molar-refractivity contribution is 6.35. The van der Waals surface area contributed by atoms with Gasteiger partial charge in [-0.05, 0) is 30.7 Å². The van der Waals surface area contributed by atoms with Gasteiger partial charge in [0.15, 0.2) is 0 Å². The van der Waals surface area contributed by atoms with Crippen molar-refractivity contribution >= 4 is 29.1 Å². The number of carbonyl (C=O) groups excluding carboxylic acids is 1. The molecule has 0 radical (unpaired) electrons. The molecule has 0 unspecified atom stereocenters. The molecule has 0 saturated heterocycles. The van der Waals surface area contributed by atoms with Crippen LogP contribution in [0.25, 0.3) is 0 Å². The number of hydrogen-bond acceptors (Lipinski definition) is 3. The van der Waals surface area contributed by atoms with Crippen molar-refractivity contribution in [3.05, 3.63) is 46.7 Å². The largest absolute Gasteiger partial charge is 0.492 e. The van der Waals surface area contributed by atoms with E-state index >= 15 is 0 Å². The standard InChI is InChI=1S/C13H12Cl2N2O2/c14-10-4-5-12(11(15)9-10)19-8-1-3-13(18)17-7-2-6-16-17/h2,4-7,9H,1,3,8H2. The number of ether oxygens (including phenoxy) is 1. The number of rotatable bonds is 5. The summed E-state index contributed by atoms with van der Waals surface area (Å²) in [4.78, 5) is 11.6. The Balaban J connectivity index is 1.76. The molecule has 0 aliphatic carbocycles. The van der Waals surface area contributed by atoms with Crippen LogP contribution < -0.4 is 4.74 Å². The monoisotopic (exact) mass is 298 g/mol. The number of benzene rings is 1. The van der Waals surface area contributed by atoms with Gasteiger partial charge in [0.2, 0.25) is 5.91 Å². The van der Waals surface area contributed by atoms with Gasteiger partial charge >= 0.3 is 0 Å². The van der Waals surface area contributed by atoms with Crippen molar-refractivity contribution in [2.45, 2.75) is 12.8 Å². The molecular formula is C13H12Cl2N2O2. The van der Waals surface area contributed by atoms with E-state index in [1.807, 2.05) is 0 Å². The molecule has 0 aliphatic rings. The third kappa shape index (κ3) is 3.98. The summed E-state index contributed by atoms with van der Waals surface area (Å²) in [7, 11) is 0. The van der Waals surface area contributed by atoms with Crippen molar-refractivity contribution < 1.29 is 9.53 Å². The van der Waals surface area contributed by atoms with Gasteiger partial charge in [0.1, 0.15) is 5.75 Å². The topological polar surface area (TPSA) is 44.1 Å². The van der Waals surface area contributed by atoms with Crippen molar-refractivity contribution in [3.8, 4) is 5.75 Å². The number of hydrogen-bond donors (Lipinski definition) is 0. The smallest absolute Gasteiger partial charge is 0.246 e. The van der Waals surface area contributed by atoms with E-state index in [9.17, 15) is 4.79 Å². The molecule has 100 valence electrons. The van der Waals surface area contributed by atoms with Gasteiger partial charge in [-0.2, -0.15) is 5.10 Å². The van der Waals surface area contributed by atoms with Crippen LogP contribution in [0.1, 0.15) is 17.6 Å². The lowest BCUT2D eigenvalue weighted by Gasteiger charge is -2.07. The predicted molar refractivity (Wildman–Crippen MR) is 74.0 cm³/mol. The predicted octanol–water partition coefficient (Wildman–Crippen LogP) is 3.69. The molecule has 4 nitrogen and oxygen atoms in total. The molecule has 0 spiro atoms. The van der Waals surface area contributed by atoms with Gasteiger partial charge in [-0.25, -0.2) is 4.68 Å². The normalized spacial score (nSPS) is 10.4. The van der Waals surface area contributed by atoms with Crippen LogP contribution in [0.4, 0.5) is 0 Å². The number of aromatic nitrogens is 2. The van der Waals surface area contributed by atoms with Crippen LogP contribution in [0.5, 0.6) is 5.75 Å². The summed E-state index contributed by atoms with van der Waals surface area (Å²) in [6.45, 7) is 0.411. The Hall–Kier alpha value is -1.52. The van der Waals surface area contributed by atoms with Crippen molar-refractivity contribution in [2.75, 3.05) is 6.61 Å². The molecule has 2 rings (SSSR count). The van der Waals surface area contributed by atoms with E-state index in [-0.39, 0.29) is 5.91 Å². The fraction of sp³-hybridized carbons (Fsp3) is 0.231. The minimum atomic E-state index is -0.0594. The molecule has 19 heavy (non-hydrogen) atoms. The molecule has 1 heterocycles. The van der Waals surface area contributed by atoms with E-state index in [0.717, 1.165) is 0 Å². The molecule has 0 aliphatic heterocycles. The Morgan fingerprint density at radius 3 is 2.89 bits per heavy atom. The maximum absolute atomic E-state index is 11.6. The Morgan fingerprint density at radius 1 is 1.37 bits per heavy atom. The molecule has 1 aromatic carbocycles. The third-order valence-electron chi connectivity index (χ3n) is 2.45. The number of carbonyl (C=O) groups is 1. The van der Waals surface area contributed by atoms with E-state index in [4.69, 9.17) is 27.9 Å². The lowest BCUT2D eigenvalue weighted by Crippen LogP contribution is -2.12. The van der Waals surface area contributed by atoms with Gasteiger partial charge in [-0.3, -0.25) is 4.79 Å². The Kier molecular flexibility index (Phi) is 4.82. The fourth-order valence-electron chi connectivity index (χ4n) is 1.53. The van der Waals surface area contributed by atoms with Gasteiger partial charge in [-0.15, -0.1) is 0 Å². The highest BCUT2D eigenvalue weighted by Gasteiger charge is 2.06. The van der Waals surface area contributed by atoms with Crippen LogP contribution in [0.3, 0.4) is 0 Å². The molecule has 0 atom stereocenters. The van der Waals surface area contributed by atoms with Crippen LogP contribution >= 0.6 is 23.2 Å². The van der Waals surface area contributed by atoms with Gasteiger partial charge in [0, 0.05) is 23.8 Å². The summed E-state index contributed by atoms with van der Waals surface area (Å²) in [5, 5.41) is 4.89. The average Bonchev–Trinajstić information content (AvgIpc) is 2.90. The lowest BCUT2D eigenvalue weighted by atomic mass is 10.3. The van der Waals surface area contributed by atoms with Gasteiger partial charge < -0.3 is 4.74 Å². The average molecular weight is 299 g/mol. The summed E-state index contributed by atoms with van der Waals surface area (Å²) in [5.41, 5.74) is 0. The Labute approximate surface area is 120 Å². The molecular weight excluding hydrogens is 287 g/mol. The Morgan fingerprint density at radius 2 is 2.21 bits per heavy atom. The van der Waals surface area contributed by atoms with E-state index < -0.39 is 0 Å². The second kappa shape index (κ2) is 6.59. The van der Waals surface area contributed by atoms with Crippen LogP contribution in [0.15, 0.2) is 36.7 Å². The van der Waals surface area contributed by atoms with E-state index in [0.29, 0.717) is 35.2 Å². The number of halogens is 2. The third-order valence-corrected chi connectivity index (χ3v) is 2.98. The highest BCUT2D eigenvalue weighted by atomic mass is 35.5. The van der Waals surface area contributed by atoms with Crippen LogP contribution in [0.2, 0.25) is 10.0 Å². The molecule has 0 fully saturated rings. The first-order valence-corrected chi connectivity index (χ1v) is 6.53. The van der Waals surface area contributed by atoms with Crippen molar-refractivity contribution in [2.24, 2.45) is 0 Å². The summed E-state index contributed by atoms with van der Waals surface area (Å²) in [5.74, 6) is 0.508. The molecule has 1 aromatic heterocycles. The molecule has 0 saturated carbocycles.